The average molecular weight is 367 g/mol. The highest BCUT2D eigenvalue weighted by Crippen LogP contribution is 2.23. The first-order valence-corrected chi connectivity index (χ1v) is 8.94. The summed E-state index contributed by atoms with van der Waals surface area (Å²) in [4.78, 5) is 26.2. The Labute approximate surface area is 148 Å². The van der Waals surface area contributed by atoms with Crippen LogP contribution in [0.5, 0.6) is 0 Å². The Kier molecular flexibility index (Phi) is 5.13. The third-order valence-electron chi connectivity index (χ3n) is 4.18. The first-order valence-electron chi connectivity index (χ1n) is 7.62. The summed E-state index contributed by atoms with van der Waals surface area (Å²) in [7, 11) is 0. The van der Waals surface area contributed by atoms with Gasteiger partial charge in [-0.25, -0.2) is 0 Å². The summed E-state index contributed by atoms with van der Waals surface area (Å²) in [6.45, 7) is 3.92. The molecule has 1 amide bonds. The largest absolute Gasteiger partial charge is 0.328 e. The Balaban J connectivity index is 1.65. The van der Waals surface area contributed by atoms with E-state index in [4.69, 9.17) is 11.6 Å². The fourth-order valence-electron chi connectivity index (χ4n) is 2.85. The molecule has 1 saturated heterocycles. The van der Waals surface area contributed by atoms with Crippen LogP contribution in [0.25, 0.3) is 0 Å². The monoisotopic (exact) mass is 366 g/mol. The van der Waals surface area contributed by atoms with Crippen molar-refractivity contribution in [3.8, 4) is 0 Å². The lowest BCUT2D eigenvalue weighted by Crippen LogP contribution is -3.13. The third kappa shape index (κ3) is 3.75. The zero-order valence-electron chi connectivity index (χ0n) is 12.9. The van der Waals surface area contributed by atoms with Gasteiger partial charge in [-0.1, -0.05) is 11.6 Å². The van der Waals surface area contributed by atoms with Crippen molar-refractivity contribution in [1.82, 2.24) is 4.90 Å². The number of carbonyl (C=O) groups is 1. The highest BCUT2D eigenvalue weighted by molar-refractivity contribution is 7.07. The normalized spacial score (nSPS) is 15.5. The van der Waals surface area contributed by atoms with Gasteiger partial charge in [-0.15, -0.1) is 0 Å². The van der Waals surface area contributed by atoms with E-state index >= 15 is 0 Å². The number of nitro benzene ring substituents is 1. The molecular weight excluding hydrogens is 350 g/mol. The fourth-order valence-corrected chi connectivity index (χ4v) is 3.71. The van der Waals surface area contributed by atoms with Gasteiger partial charge in [-0.05, 0) is 22.9 Å². The molecule has 0 bridgehead atoms. The first kappa shape index (κ1) is 16.9. The van der Waals surface area contributed by atoms with Gasteiger partial charge >= 0.3 is 0 Å². The van der Waals surface area contributed by atoms with Crippen molar-refractivity contribution in [1.29, 1.82) is 0 Å². The number of piperazine rings is 1. The van der Waals surface area contributed by atoms with Crippen LogP contribution in [0.1, 0.15) is 15.9 Å². The number of nitrogens with one attached hydrogen (secondary N) is 1. The Morgan fingerprint density at radius 2 is 2.08 bits per heavy atom. The predicted molar refractivity (Wildman–Crippen MR) is 92.7 cm³/mol. The third-order valence-corrected chi connectivity index (χ3v) is 5.24. The number of nitrogens with zero attached hydrogens (tertiary/aromatic N) is 2. The molecular formula is C16H17ClN3O3S+. The molecule has 0 aliphatic carbocycles. The molecule has 1 aliphatic heterocycles. The lowest BCUT2D eigenvalue weighted by Gasteiger charge is -2.32. The summed E-state index contributed by atoms with van der Waals surface area (Å²) >= 11 is 7.75. The molecule has 1 aliphatic rings. The molecule has 1 fully saturated rings. The van der Waals surface area contributed by atoms with E-state index in [1.165, 1.54) is 28.7 Å². The predicted octanol–water partition coefficient (Wildman–Crippen LogP) is 1.85. The molecule has 126 valence electrons. The van der Waals surface area contributed by atoms with Crippen LogP contribution in [0.2, 0.25) is 5.02 Å². The van der Waals surface area contributed by atoms with Crippen LogP contribution < -0.4 is 4.90 Å². The minimum atomic E-state index is -0.518. The van der Waals surface area contributed by atoms with Crippen LogP contribution in [-0.4, -0.2) is 41.9 Å². The number of amides is 1. The van der Waals surface area contributed by atoms with Crippen LogP contribution in [-0.2, 0) is 6.54 Å². The average Bonchev–Trinajstić information content (AvgIpc) is 3.08. The molecule has 6 nitrogen and oxygen atoms in total. The van der Waals surface area contributed by atoms with Crippen molar-refractivity contribution < 1.29 is 14.6 Å². The second-order valence-corrected chi connectivity index (χ2v) is 6.96. The van der Waals surface area contributed by atoms with E-state index in [0.29, 0.717) is 13.1 Å². The number of nitro groups is 1. The minimum Gasteiger partial charge on any atom is -0.328 e. The van der Waals surface area contributed by atoms with E-state index < -0.39 is 4.92 Å². The highest BCUT2D eigenvalue weighted by Gasteiger charge is 2.27. The summed E-state index contributed by atoms with van der Waals surface area (Å²) in [6.07, 6.45) is 0. The molecule has 2 aromatic rings. The molecule has 8 heteroatoms. The van der Waals surface area contributed by atoms with Gasteiger partial charge in [0, 0.05) is 17.7 Å². The zero-order chi connectivity index (χ0) is 17.1. The molecule has 24 heavy (non-hydrogen) atoms. The standard InChI is InChI=1S/C16H16ClN3O3S/c17-15-2-1-13(20(22)23)9-14(15)16(21)19-6-4-18(5-7-19)10-12-3-8-24-11-12/h1-3,8-9,11H,4-7,10H2/p+1. The molecule has 0 unspecified atom stereocenters. The quantitative estimate of drug-likeness (QED) is 0.663. The maximum absolute atomic E-state index is 12.6. The van der Waals surface area contributed by atoms with Crippen LogP contribution in [0.4, 0.5) is 5.69 Å². The van der Waals surface area contributed by atoms with E-state index in [2.05, 4.69) is 16.8 Å². The van der Waals surface area contributed by atoms with Crippen molar-refractivity contribution in [3.63, 3.8) is 0 Å². The maximum atomic E-state index is 12.6. The number of benzene rings is 1. The van der Waals surface area contributed by atoms with Gasteiger partial charge in [0.05, 0.1) is 41.7 Å². The van der Waals surface area contributed by atoms with Crippen LogP contribution in [0.3, 0.4) is 0 Å². The van der Waals surface area contributed by atoms with Gasteiger partial charge in [0.25, 0.3) is 11.6 Å². The SMILES string of the molecule is O=C(c1cc([N+](=O)[O-])ccc1Cl)N1CC[NH+](Cc2ccsc2)CC1. The fraction of sp³-hybridized carbons (Fsp3) is 0.312. The second-order valence-electron chi connectivity index (χ2n) is 5.77. The van der Waals surface area contributed by atoms with Gasteiger partial charge in [0.2, 0.25) is 0 Å². The van der Waals surface area contributed by atoms with Gasteiger partial charge < -0.3 is 9.80 Å². The Morgan fingerprint density at radius 3 is 2.71 bits per heavy atom. The Bertz CT molecular complexity index is 743. The summed E-state index contributed by atoms with van der Waals surface area (Å²) in [5.41, 5.74) is 1.40. The van der Waals surface area contributed by atoms with Crippen LogP contribution >= 0.6 is 22.9 Å². The smallest absolute Gasteiger partial charge is 0.270 e. The summed E-state index contributed by atoms with van der Waals surface area (Å²) < 4.78 is 0. The molecule has 0 saturated carbocycles. The van der Waals surface area contributed by atoms with Gasteiger partial charge in [-0.2, -0.15) is 11.3 Å². The van der Waals surface area contributed by atoms with Crippen LogP contribution in [0.15, 0.2) is 35.0 Å². The lowest BCUT2D eigenvalue weighted by molar-refractivity contribution is -0.917. The molecule has 1 N–H and O–H groups in total. The molecule has 3 rings (SSSR count). The summed E-state index contributed by atoms with van der Waals surface area (Å²) in [6, 6.07) is 6.10. The van der Waals surface area contributed by atoms with Gasteiger partial charge in [0.15, 0.2) is 0 Å². The number of carbonyl (C=O) groups excluding carboxylic acids is 1. The number of halogens is 1. The van der Waals surface area contributed by atoms with Crippen molar-refractivity contribution in [3.05, 3.63) is 61.3 Å². The molecule has 1 aromatic heterocycles. The second kappa shape index (κ2) is 7.29. The molecule has 0 spiro atoms. The number of hydrogen-bond donors (Lipinski definition) is 1. The van der Waals surface area contributed by atoms with Crippen molar-refractivity contribution in [2.75, 3.05) is 26.2 Å². The number of non-ortho nitro benzene ring substituents is 1. The maximum Gasteiger partial charge on any atom is 0.270 e. The van der Waals surface area contributed by atoms with Gasteiger partial charge in [-0.3, -0.25) is 14.9 Å². The highest BCUT2D eigenvalue weighted by atomic mass is 35.5. The molecule has 2 heterocycles. The van der Waals surface area contributed by atoms with Crippen molar-refractivity contribution in [2.24, 2.45) is 0 Å². The van der Waals surface area contributed by atoms with E-state index in [9.17, 15) is 14.9 Å². The number of quaternary nitrogens is 1. The Hall–Kier alpha value is -1.96. The number of hydrogen-bond acceptors (Lipinski definition) is 4. The zero-order valence-corrected chi connectivity index (χ0v) is 14.5. The minimum absolute atomic E-state index is 0.121. The van der Waals surface area contributed by atoms with Crippen molar-refractivity contribution in [2.45, 2.75) is 6.54 Å². The molecule has 0 radical (unpaired) electrons. The van der Waals surface area contributed by atoms with Crippen molar-refractivity contribution >= 4 is 34.5 Å². The molecule has 0 atom stereocenters. The number of thiophene rings is 1. The van der Waals surface area contributed by atoms with Gasteiger partial charge in [0.1, 0.15) is 6.54 Å². The van der Waals surface area contributed by atoms with E-state index in [0.717, 1.165) is 19.6 Å². The first-order chi connectivity index (χ1) is 11.5. The van der Waals surface area contributed by atoms with Crippen LogP contribution in [0, 0.1) is 10.1 Å². The number of rotatable bonds is 4. The van der Waals surface area contributed by atoms with E-state index in [1.54, 1.807) is 16.2 Å². The molecule has 1 aromatic carbocycles. The topological polar surface area (TPSA) is 67.9 Å². The summed E-state index contributed by atoms with van der Waals surface area (Å²) in [5.74, 6) is -0.238. The van der Waals surface area contributed by atoms with E-state index in [-0.39, 0.29) is 22.2 Å². The summed E-state index contributed by atoms with van der Waals surface area (Å²) in [5, 5.41) is 15.4. The Morgan fingerprint density at radius 1 is 1.33 bits per heavy atom. The van der Waals surface area contributed by atoms with E-state index in [1.807, 2.05) is 0 Å². The lowest BCUT2D eigenvalue weighted by atomic mass is 10.1.